The molecule has 0 saturated heterocycles. The maximum atomic E-state index is 11.6. The number of carbonyl (C=O) groups excluding carboxylic acids is 1. The minimum atomic E-state index is -2.42. The quantitative estimate of drug-likeness (QED) is 0.791. The van der Waals surface area contributed by atoms with E-state index in [2.05, 4.69) is 5.32 Å². The molecule has 2 rings (SSSR count). The van der Waals surface area contributed by atoms with Crippen LogP contribution in [0.4, 0.5) is 5.69 Å². The van der Waals surface area contributed by atoms with Crippen LogP contribution in [0, 0.1) is 4.78 Å². The van der Waals surface area contributed by atoms with Gasteiger partial charge in [-0.25, -0.2) is 4.21 Å². The Kier molecular flexibility index (Phi) is 4.65. The third-order valence-corrected chi connectivity index (χ3v) is 5.21. The van der Waals surface area contributed by atoms with Gasteiger partial charge in [0, 0.05) is 33.3 Å². The van der Waals surface area contributed by atoms with Crippen molar-refractivity contribution in [3.63, 3.8) is 0 Å². The van der Waals surface area contributed by atoms with Crippen molar-refractivity contribution in [3.05, 3.63) is 23.8 Å². The lowest BCUT2D eigenvalue weighted by Crippen LogP contribution is -2.18. The van der Waals surface area contributed by atoms with Crippen molar-refractivity contribution in [1.82, 2.24) is 0 Å². The van der Waals surface area contributed by atoms with Crippen molar-refractivity contribution >= 4 is 21.3 Å². The Labute approximate surface area is 119 Å². The summed E-state index contributed by atoms with van der Waals surface area (Å²) in [5.74, 6) is 1.58. The summed E-state index contributed by atoms with van der Waals surface area (Å²) in [4.78, 5) is 11.3. The van der Waals surface area contributed by atoms with Crippen LogP contribution in [-0.2, 0) is 20.9 Å². The van der Waals surface area contributed by atoms with Crippen LogP contribution in [0.2, 0.25) is 0 Å². The zero-order chi connectivity index (χ0) is 14.6. The number of hydrogen-bond acceptors (Lipinski definition) is 4. The van der Waals surface area contributed by atoms with Gasteiger partial charge in [0.1, 0.15) is 5.75 Å². The first-order chi connectivity index (χ1) is 9.50. The summed E-state index contributed by atoms with van der Waals surface area (Å²) in [5, 5.41) is 2.82. The van der Waals surface area contributed by atoms with Gasteiger partial charge in [0.15, 0.2) is 0 Å². The number of hydrogen-bond donors (Lipinski definition) is 2. The summed E-state index contributed by atoms with van der Waals surface area (Å²) in [7, 11) is -2.42. The molecule has 1 aromatic carbocycles. The molecular weight excluding hydrogens is 276 g/mol. The summed E-state index contributed by atoms with van der Waals surface area (Å²) in [6.07, 6.45) is 1.85. The number of benzene rings is 1. The van der Waals surface area contributed by atoms with Gasteiger partial charge in [-0.05, 0) is 36.6 Å². The first kappa shape index (κ1) is 14.8. The number of rotatable bonds is 6. The van der Waals surface area contributed by atoms with Crippen LogP contribution < -0.4 is 10.1 Å². The van der Waals surface area contributed by atoms with Gasteiger partial charge in [0.05, 0.1) is 6.61 Å². The lowest BCUT2D eigenvalue weighted by atomic mass is 10.0. The van der Waals surface area contributed by atoms with E-state index >= 15 is 0 Å². The molecule has 5 nitrogen and oxygen atoms in total. The average Bonchev–Trinajstić information content (AvgIpc) is 2.43. The largest absolute Gasteiger partial charge is 0.494 e. The smallest absolute Gasteiger partial charge is 0.224 e. The number of anilines is 1. The van der Waals surface area contributed by atoms with Gasteiger partial charge in [-0.2, -0.15) is 0 Å². The van der Waals surface area contributed by atoms with Gasteiger partial charge in [0.25, 0.3) is 0 Å². The predicted octanol–water partition coefficient (Wildman–Crippen LogP) is 2.41. The van der Waals surface area contributed by atoms with Crippen molar-refractivity contribution in [2.45, 2.75) is 26.2 Å². The molecule has 0 saturated carbocycles. The van der Waals surface area contributed by atoms with E-state index < -0.39 is 9.73 Å². The molecule has 0 aliphatic carbocycles. The monoisotopic (exact) mass is 296 g/mol. The van der Waals surface area contributed by atoms with E-state index in [1.807, 2.05) is 18.2 Å². The number of amides is 1. The molecule has 1 aliphatic rings. The Morgan fingerprint density at radius 3 is 2.95 bits per heavy atom. The van der Waals surface area contributed by atoms with Crippen LogP contribution in [0.25, 0.3) is 0 Å². The molecule has 20 heavy (non-hydrogen) atoms. The zero-order valence-electron chi connectivity index (χ0n) is 11.6. The second kappa shape index (κ2) is 6.26. The van der Waals surface area contributed by atoms with Gasteiger partial charge in [-0.15, -0.1) is 0 Å². The van der Waals surface area contributed by atoms with Gasteiger partial charge >= 0.3 is 0 Å². The Morgan fingerprint density at radius 2 is 2.20 bits per heavy atom. The van der Waals surface area contributed by atoms with Crippen LogP contribution >= 0.6 is 0 Å². The highest BCUT2D eigenvalue weighted by molar-refractivity contribution is 7.92. The number of carbonyl (C=O) groups is 1. The molecule has 1 atom stereocenters. The van der Waals surface area contributed by atoms with Crippen molar-refractivity contribution in [2.75, 3.05) is 23.4 Å². The van der Waals surface area contributed by atoms with Crippen LogP contribution in [0.5, 0.6) is 5.75 Å². The van der Waals surface area contributed by atoms with E-state index in [0.717, 1.165) is 23.4 Å². The molecule has 0 bridgehead atoms. The Bertz CT molecular complexity index is 596. The van der Waals surface area contributed by atoms with E-state index in [-0.39, 0.29) is 5.91 Å². The van der Waals surface area contributed by atoms with E-state index in [1.165, 1.54) is 0 Å². The third kappa shape index (κ3) is 3.96. The van der Waals surface area contributed by atoms with E-state index in [4.69, 9.17) is 9.52 Å². The maximum absolute atomic E-state index is 11.6. The molecule has 0 aromatic heterocycles. The molecule has 0 radical (unpaired) electrons. The first-order valence-electron chi connectivity index (χ1n) is 6.80. The predicted molar refractivity (Wildman–Crippen MR) is 79.8 cm³/mol. The second-order valence-corrected chi connectivity index (χ2v) is 7.48. The summed E-state index contributed by atoms with van der Waals surface area (Å²) >= 11 is 0. The summed E-state index contributed by atoms with van der Waals surface area (Å²) in [5.41, 5.74) is 1.94. The number of fused-ring (bicyclic) bond motifs is 1. The van der Waals surface area contributed by atoms with Crippen molar-refractivity contribution in [1.29, 1.82) is 4.78 Å². The fraction of sp³-hybridized carbons (Fsp3) is 0.500. The third-order valence-electron chi connectivity index (χ3n) is 3.33. The van der Waals surface area contributed by atoms with Gasteiger partial charge in [0.2, 0.25) is 5.91 Å². The molecule has 0 spiro atoms. The molecule has 2 N–H and O–H groups in total. The van der Waals surface area contributed by atoms with E-state index in [9.17, 15) is 9.00 Å². The van der Waals surface area contributed by atoms with E-state index in [1.54, 1.807) is 6.92 Å². The number of ether oxygens (including phenoxy) is 1. The van der Waals surface area contributed by atoms with Crippen molar-refractivity contribution < 1.29 is 13.7 Å². The molecule has 6 heteroatoms. The van der Waals surface area contributed by atoms with Crippen molar-refractivity contribution in [2.24, 2.45) is 0 Å². The maximum Gasteiger partial charge on any atom is 0.224 e. The summed E-state index contributed by atoms with van der Waals surface area (Å²) in [6, 6.07) is 5.61. The second-order valence-electron chi connectivity index (χ2n) is 4.87. The van der Waals surface area contributed by atoms with Crippen LogP contribution in [0.15, 0.2) is 18.2 Å². The normalized spacial score (nSPS) is 16.9. The first-order valence-corrected chi connectivity index (χ1v) is 8.69. The highest BCUT2D eigenvalue weighted by Gasteiger charge is 2.14. The lowest BCUT2D eigenvalue weighted by molar-refractivity contribution is -0.116. The van der Waals surface area contributed by atoms with Crippen molar-refractivity contribution in [3.8, 4) is 5.75 Å². The SMILES string of the molecule is CCS(=N)(=O)CCCOc1ccc2c(c1)CCC(=O)N2. The van der Waals surface area contributed by atoms with Crippen LogP contribution in [0.3, 0.4) is 0 Å². The molecule has 1 aliphatic heterocycles. The highest BCUT2D eigenvalue weighted by Crippen LogP contribution is 2.26. The minimum Gasteiger partial charge on any atom is -0.494 e. The molecular formula is C14H20N2O3S. The topological polar surface area (TPSA) is 79.2 Å². The minimum absolute atomic E-state index is 0.0518. The number of aryl methyl sites for hydroxylation is 1. The molecule has 1 heterocycles. The van der Waals surface area contributed by atoms with Gasteiger partial charge in [-0.3, -0.25) is 9.57 Å². The molecule has 1 aromatic rings. The van der Waals surface area contributed by atoms with Gasteiger partial charge < -0.3 is 10.1 Å². The van der Waals surface area contributed by atoms with E-state index in [0.29, 0.717) is 31.0 Å². The lowest BCUT2D eigenvalue weighted by Gasteiger charge is -2.17. The zero-order valence-corrected chi connectivity index (χ0v) is 12.4. The Morgan fingerprint density at radius 1 is 1.40 bits per heavy atom. The van der Waals surface area contributed by atoms with Crippen LogP contribution in [0.1, 0.15) is 25.3 Å². The standard InChI is InChI=1S/C14H20N2O3S/c1-2-20(15,18)9-3-8-19-12-5-6-13-11(10-12)4-7-14(17)16-13/h5-6,10,15H,2-4,7-9H2,1H3,(H,16,17). The molecule has 1 unspecified atom stereocenters. The Balaban J connectivity index is 1.87. The van der Waals surface area contributed by atoms with Crippen LogP contribution in [-0.4, -0.2) is 28.2 Å². The average molecular weight is 296 g/mol. The number of nitrogens with one attached hydrogen (secondary N) is 2. The summed E-state index contributed by atoms with van der Waals surface area (Å²) in [6.45, 7) is 2.23. The fourth-order valence-electron chi connectivity index (χ4n) is 2.08. The molecule has 0 fully saturated rings. The molecule has 110 valence electrons. The van der Waals surface area contributed by atoms with Gasteiger partial charge in [-0.1, -0.05) is 6.92 Å². The highest BCUT2D eigenvalue weighted by atomic mass is 32.2. The fourth-order valence-corrected chi connectivity index (χ4v) is 2.95. The molecule has 1 amide bonds. The summed E-state index contributed by atoms with van der Waals surface area (Å²) < 4.78 is 24.7. The Hall–Kier alpha value is -1.56.